The highest BCUT2D eigenvalue weighted by molar-refractivity contribution is 7.91. The first-order valence-corrected chi connectivity index (χ1v) is 8.01. The minimum Gasteiger partial charge on any atom is -0.481 e. The van der Waals surface area contributed by atoms with E-state index in [2.05, 4.69) is 0 Å². The van der Waals surface area contributed by atoms with Crippen molar-refractivity contribution in [3.8, 4) is 0 Å². The van der Waals surface area contributed by atoms with Crippen molar-refractivity contribution in [3.05, 3.63) is 0 Å². The van der Waals surface area contributed by atoms with E-state index in [9.17, 15) is 13.2 Å². The van der Waals surface area contributed by atoms with Crippen molar-refractivity contribution in [3.63, 3.8) is 0 Å². The van der Waals surface area contributed by atoms with Gasteiger partial charge in [0.25, 0.3) is 0 Å². The zero-order valence-corrected chi connectivity index (χ0v) is 11.1. The van der Waals surface area contributed by atoms with E-state index in [-0.39, 0.29) is 17.9 Å². The van der Waals surface area contributed by atoms with Gasteiger partial charge in [-0.05, 0) is 12.8 Å². The van der Waals surface area contributed by atoms with Crippen LogP contribution in [0.15, 0.2) is 0 Å². The second-order valence-corrected chi connectivity index (χ2v) is 7.27. The fraction of sp³-hybridized carbons (Fsp3) is 0.909. The number of carbonyl (C=O) groups is 1. The lowest BCUT2D eigenvalue weighted by atomic mass is 9.89. The molecule has 0 radical (unpaired) electrons. The Bertz CT molecular complexity index is 415. The molecule has 6 nitrogen and oxygen atoms in total. The van der Waals surface area contributed by atoms with Gasteiger partial charge in [-0.25, -0.2) is 8.42 Å². The molecule has 0 saturated carbocycles. The first-order chi connectivity index (χ1) is 8.44. The Balaban J connectivity index is 2.24. The number of aliphatic carboxylic acids is 1. The minimum absolute atomic E-state index is 0.0354. The first kappa shape index (κ1) is 13.8. The quantitative estimate of drug-likeness (QED) is 0.765. The molecule has 0 bridgehead atoms. The van der Waals surface area contributed by atoms with E-state index in [1.54, 1.807) is 0 Å². The second kappa shape index (κ2) is 5.14. The van der Waals surface area contributed by atoms with Gasteiger partial charge in [-0.15, -0.1) is 0 Å². The number of carboxylic acid groups (broad SMARTS) is 1. The molecule has 0 amide bonds. The van der Waals surface area contributed by atoms with Crippen LogP contribution in [0.25, 0.3) is 0 Å². The van der Waals surface area contributed by atoms with Crippen molar-refractivity contribution in [1.82, 2.24) is 4.90 Å². The van der Waals surface area contributed by atoms with Crippen LogP contribution in [0, 0.1) is 0 Å². The lowest BCUT2D eigenvalue weighted by molar-refractivity contribution is -0.141. The molecule has 0 aliphatic carbocycles. The van der Waals surface area contributed by atoms with Gasteiger partial charge in [0.1, 0.15) is 0 Å². The third kappa shape index (κ3) is 3.02. The van der Waals surface area contributed by atoms with Gasteiger partial charge in [0.05, 0.1) is 31.1 Å². The van der Waals surface area contributed by atoms with Crippen LogP contribution < -0.4 is 0 Å². The number of rotatable bonds is 3. The summed E-state index contributed by atoms with van der Waals surface area (Å²) in [7, 11) is -3.13. The number of hydrogen-bond acceptors (Lipinski definition) is 5. The van der Waals surface area contributed by atoms with E-state index in [1.165, 1.54) is 0 Å². The number of sulfone groups is 1. The molecule has 18 heavy (non-hydrogen) atoms. The Labute approximate surface area is 107 Å². The van der Waals surface area contributed by atoms with E-state index in [0.717, 1.165) is 0 Å². The lowest BCUT2D eigenvalue weighted by Crippen LogP contribution is -2.59. The van der Waals surface area contributed by atoms with E-state index in [0.29, 0.717) is 39.1 Å². The highest BCUT2D eigenvalue weighted by atomic mass is 32.2. The summed E-state index contributed by atoms with van der Waals surface area (Å²) in [4.78, 5) is 13.1. The number of nitrogens with zero attached hydrogens (tertiary/aromatic N) is 1. The van der Waals surface area contributed by atoms with Crippen molar-refractivity contribution < 1.29 is 23.1 Å². The van der Waals surface area contributed by atoms with Crippen LogP contribution >= 0.6 is 0 Å². The van der Waals surface area contributed by atoms with Gasteiger partial charge >= 0.3 is 5.97 Å². The van der Waals surface area contributed by atoms with Gasteiger partial charge in [0.15, 0.2) is 9.84 Å². The Hall–Kier alpha value is -0.660. The van der Waals surface area contributed by atoms with Crippen LogP contribution in [0.1, 0.15) is 19.3 Å². The summed E-state index contributed by atoms with van der Waals surface area (Å²) in [6, 6.07) is 0. The zero-order valence-electron chi connectivity index (χ0n) is 10.3. The molecule has 1 unspecified atom stereocenters. The Morgan fingerprint density at radius 1 is 1.33 bits per heavy atom. The normalized spacial score (nSPS) is 33.1. The molecular weight excluding hydrogens is 258 g/mol. The van der Waals surface area contributed by atoms with Crippen LogP contribution in [-0.4, -0.2) is 67.7 Å². The second-order valence-electron chi connectivity index (χ2n) is 5.09. The fourth-order valence-electron chi connectivity index (χ4n) is 2.99. The van der Waals surface area contributed by atoms with Crippen molar-refractivity contribution in [2.75, 3.05) is 37.8 Å². The standard InChI is InChI=1S/C11H19NO5S/c13-10(14)8-11(12-3-5-17-6-4-12)2-1-7-18(15,16)9-11/h1-9H2,(H,13,14). The van der Waals surface area contributed by atoms with E-state index >= 15 is 0 Å². The van der Waals surface area contributed by atoms with Gasteiger partial charge in [-0.2, -0.15) is 0 Å². The van der Waals surface area contributed by atoms with Crippen LogP contribution in [0.2, 0.25) is 0 Å². The van der Waals surface area contributed by atoms with Crippen molar-refractivity contribution in [2.45, 2.75) is 24.8 Å². The van der Waals surface area contributed by atoms with Gasteiger partial charge < -0.3 is 9.84 Å². The largest absolute Gasteiger partial charge is 0.481 e. The van der Waals surface area contributed by atoms with E-state index in [4.69, 9.17) is 9.84 Å². The molecular formula is C11H19NO5S. The molecule has 1 N–H and O–H groups in total. The maximum atomic E-state index is 11.8. The van der Waals surface area contributed by atoms with E-state index in [1.807, 2.05) is 4.90 Å². The molecule has 2 heterocycles. The minimum atomic E-state index is -3.13. The van der Waals surface area contributed by atoms with Crippen LogP contribution in [-0.2, 0) is 19.4 Å². The van der Waals surface area contributed by atoms with Gasteiger partial charge in [0.2, 0.25) is 0 Å². The molecule has 0 aromatic heterocycles. The average molecular weight is 277 g/mol. The Morgan fingerprint density at radius 3 is 2.56 bits per heavy atom. The maximum Gasteiger partial charge on any atom is 0.305 e. The van der Waals surface area contributed by atoms with Gasteiger partial charge in [-0.1, -0.05) is 0 Å². The average Bonchev–Trinajstić information content (AvgIpc) is 2.28. The summed E-state index contributed by atoms with van der Waals surface area (Å²) in [6.45, 7) is 2.31. The predicted molar refractivity (Wildman–Crippen MR) is 65.3 cm³/mol. The SMILES string of the molecule is O=C(O)CC1(N2CCOCC2)CCCS(=O)(=O)C1. The molecule has 2 fully saturated rings. The fourth-order valence-corrected chi connectivity index (χ4v) is 4.97. The number of morpholine rings is 1. The topological polar surface area (TPSA) is 83.9 Å². The third-order valence-corrected chi connectivity index (χ3v) is 5.64. The summed E-state index contributed by atoms with van der Waals surface area (Å²) in [5.74, 6) is -0.788. The van der Waals surface area contributed by atoms with Crippen LogP contribution in [0.3, 0.4) is 0 Å². The molecule has 2 aliphatic heterocycles. The zero-order chi connectivity index (χ0) is 13.2. The molecule has 104 valence electrons. The molecule has 7 heteroatoms. The monoisotopic (exact) mass is 277 g/mol. The number of carboxylic acids is 1. The molecule has 2 saturated heterocycles. The molecule has 2 rings (SSSR count). The highest BCUT2D eigenvalue weighted by Crippen LogP contribution is 2.33. The summed E-state index contributed by atoms with van der Waals surface area (Å²) in [5, 5.41) is 9.08. The first-order valence-electron chi connectivity index (χ1n) is 6.19. The Kier molecular flexibility index (Phi) is 3.93. The van der Waals surface area contributed by atoms with E-state index < -0.39 is 21.3 Å². The molecule has 0 aromatic carbocycles. The Morgan fingerprint density at radius 2 is 2.00 bits per heavy atom. The number of hydrogen-bond donors (Lipinski definition) is 1. The van der Waals surface area contributed by atoms with Gasteiger partial charge in [0, 0.05) is 18.6 Å². The van der Waals surface area contributed by atoms with Crippen LogP contribution in [0.4, 0.5) is 0 Å². The number of ether oxygens (including phenoxy) is 1. The summed E-state index contributed by atoms with van der Waals surface area (Å²) < 4.78 is 28.9. The van der Waals surface area contributed by atoms with Gasteiger partial charge in [-0.3, -0.25) is 9.69 Å². The maximum absolute atomic E-state index is 11.8. The summed E-state index contributed by atoms with van der Waals surface area (Å²) in [5.41, 5.74) is -0.729. The van der Waals surface area contributed by atoms with Crippen molar-refractivity contribution >= 4 is 15.8 Å². The lowest BCUT2D eigenvalue weighted by Gasteiger charge is -2.46. The summed E-state index contributed by atoms with van der Waals surface area (Å²) in [6.07, 6.45) is 1.08. The molecule has 0 spiro atoms. The van der Waals surface area contributed by atoms with Crippen LogP contribution in [0.5, 0.6) is 0 Å². The molecule has 0 aromatic rings. The smallest absolute Gasteiger partial charge is 0.305 e. The molecule has 1 atom stereocenters. The third-order valence-electron chi connectivity index (χ3n) is 3.75. The van der Waals surface area contributed by atoms with Crippen molar-refractivity contribution in [1.29, 1.82) is 0 Å². The molecule has 2 aliphatic rings. The highest BCUT2D eigenvalue weighted by Gasteiger charge is 2.45. The predicted octanol–water partition coefficient (Wildman–Crippen LogP) is -0.259. The van der Waals surface area contributed by atoms with Crippen molar-refractivity contribution in [2.24, 2.45) is 0 Å². The summed E-state index contributed by atoms with van der Waals surface area (Å²) >= 11 is 0.